The Balaban J connectivity index is 1.01. The number of fused-ring (bicyclic) bond motifs is 6. The van der Waals surface area contributed by atoms with E-state index >= 15 is 0 Å². The maximum Gasteiger partial charge on any atom is 0.240 e. The van der Waals surface area contributed by atoms with Crippen LogP contribution in [0.2, 0.25) is 0 Å². The van der Waals surface area contributed by atoms with Gasteiger partial charge >= 0.3 is 0 Å². The highest BCUT2D eigenvalue weighted by Gasteiger charge is 2.21. The average molecular weight is 792 g/mol. The van der Waals surface area contributed by atoms with Gasteiger partial charge in [-0.2, -0.15) is 15.0 Å². The molecular formula is C57H37N5. The summed E-state index contributed by atoms with van der Waals surface area (Å²) in [6, 6.07) is 79.3. The highest BCUT2D eigenvalue weighted by molar-refractivity contribution is 6.10. The summed E-state index contributed by atoms with van der Waals surface area (Å²) in [4.78, 5) is 16.0. The molecule has 12 rings (SSSR count). The summed E-state index contributed by atoms with van der Waals surface area (Å²) in [5.74, 6) is 1.71. The van der Waals surface area contributed by atoms with Gasteiger partial charge in [-0.05, 0) is 74.8 Å². The summed E-state index contributed by atoms with van der Waals surface area (Å²) in [6.07, 6.45) is 0. The molecule has 0 N–H and O–H groups in total. The molecule has 0 saturated carbocycles. The Bertz CT molecular complexity index is 3550. The van der Waals surface area contributed by atoms with Crippen LogP contribution >= 0.6 is 0 Å². The second kappa shape index (κ2) is 14.7. The van der Waals surface area contributed by atoms with Crippen molar-refractivity contribution >= 4 is 43.6 Å². The van der Waals surface area contributed by atoms with Crippen molar-refractivity contribution in [1.29, 1.82) is 0 Å². The third-order valence-electron chi connectivity index (χ3n) is 12.0. The first-order chi connectivity index (χ1) is 30.7. The molecule has 5 nitrogen and oxygen atoms in total. The Morgan fingerprint density at radius 2 is 0.565 bits per heavy atom. The van der Waals surface area contributed by atoms with Gasteiger partial charge in [0.15, 0.2) is 5.82 Å². The summed E-state index contributed by atoms with van der Waals surface area (Å²) in [6.45, 7) is 0. The number of rotatable bonds is 7. The lowest BCUT2D eigenvalue weighted by atomic mass is 9.97. The van der Waals surface area contributed by atoms with Crippen LogP contribution in [0.3, 0.4) is 0 Å². The van der Waals surface area contributed by atoms with Crippen LogP contribution in [0.25, 0.3) is 111 Å². The SMILES string of the molecule is c1ccc(-c2ccc(-c3cccc(-c4ccc(-c5nc(-n6c7ccccc7c7ccccc76)nc(-n6c7ccccc7c7ccc(-c8ccccc8)cc76)n5)cc4)c3)cc2)cc1. The Labute approximate surface area is 358 Å². The lowest BCUT2D eigenvalue weighted by molar-refractivity contribution is 0.893. The van der Waals surface area contributed by atoms with Crippen LogP contribution in [0.5, 0.6) is 0 Å². The van der Waals surface area contributed by atoms with E-state index in [0.29, 0.717) is 17.7 Å². The number of nitrogens with zero attached hydrogens (tertiary/aromatic N) is 5. The van der Waals surface area contributed by atoms with E-state index < -0.39 is 0 Å². The minimum Gasteiger partial charge on any atom is -0.278 e. The van der Waals surface area contributed by atoms with Gasteiger partial charge in [-0.1, -0.05) is 194 Å². The molecule has 62 heavy (non-hydrogen) atoms. The van der Waals surface area contributed by atoms with Crippen LogP contribution in [-0.4, -0.2) is 24.1 Å². The van der Waals surface area contributed by atoms with Crippen LogP contribution < -0.4 is 0 Å². The molecule has 0 amide bonds. The lowest BCUT2D eigenvalue weighted by Gasteiger charge is -2.13. The highest BCUT2D eigenvalue weighted by atomic mass is 15.3. The number of benzene rings is 9. The molecule has 0 aliphatic carbocycles. The van der Waals surface area contributed by atoms with Crippen molar-refractivity contribution < 1.29 is 0 Å². The van der Waals surface area contributed by atoms with Crippen LogP contribution in [0, 0.1) is 0 Å². The zero-order valence-electron chi connectivity index (χ0n) is 33.6. The standard InChI is InChI=1S/C57H37N5/c1-3-14-38(15-4-1)40-26-28-41(29-27-40)44-18-13-19-45(36-44)42-30-32-43(33-31-42)55-58-56(61-51-23-10-7-20-47(51)48-21-8-11-24-52(48)61)60-57(59-55)62-53-25-12-9-22-49(53)50-35-34-46(37-54(50)62)39-16-5-2-6-17-39/h1-37H. The van der Waals surface area contributed by atoms with E-state index in [1.165, 1.54) is 22.3 Å². The topological polar surface area (TPSA) is 48.5 Å². The maximum absolute atomic E-state index is 5.38. The number of hydrogen-bond acceptors (Lipinski definition) is 3. The minimum atomic E-state index is 0.554. The van der Waals surface area contributed by atoms with Crippen LogP contribution in [0.15, 0.2) is 224 Å². The summed E-state index contributed by atoms with van der Waals surface area (Å²) >= 11 is 0. The molecule has 0 saturated heterocycles. The smallest absolute Gasteiger partial charge is 0.240 e. The van der Waals surface area contributed by atoms with E-state index in [0.717, 1.165) is 71.4 Å². The molecule has 9 aromatic carbocycles. The Morgan fingerprint density at radius 1 is 0.226 bits per heavy atom. The number of hydrogen-bond donors (Lipinski definition) is 0. The molecule has 0 radical (unpaired) electrons. The summed E-state index contributed by atoms with van der Waals surface area (Å²) in [5.41, 5.74) is 14.3. The second-order valence-electron chi connectivity index (χ2n) is 15.7. The Kier molecular flexibility index (Phi) is 8.42. The van der Waals surface area contributed by atoms with Crippen molar-refractivity contribution in [3.05, 3.63) is 224 Å². The fraction of sp³-hybridized carbons (Fsp3) is 0. The molecule has 290 valence electrons. The summed E-state index contributed by atoms with van der Waals surface area (Å²) in [5, 5.41) is 4.57. The van der Waals surface area contributed by atoms with Crippen molar-refractivity contribution in [2.24, 2.45) is 0 Å². The van der Waals surface area contributed by atoms with E-state index in [1.807, 2.05) is 0 Å². The van der Waals surface area contributed by atoms with Crippen molar-refractivity contribution in [3.63, 3.8) is 0 Å². The highest BCUT2D eigenvalue weighted by Crippen LogP contribution is 2.37. The number of para-hydroxylation sites is 3. The predicted octanol–water partition coefficient (Wildman–Crippen LogP) is 14.4. The normalized spacial score (nSPS) is 11.5. The largest absolute Gasteiger partial charge is 0.278 e. The second-order valence-corrected chi connectivity index (χ2v) is 15.7. The van der Waals surface area contributed by atoms with Gasteiger partial charge in [0.05, 0.1) is 22.1 Å². The monoisotopic (exact) mass is 791 g/mol. The molecule has 0 aliphatic rings. The number of aromatic nitrogens is 5. The van der Waals surface area contributed by atoms with Crippen molar-refractivity contribution in [2.45, 2.75) is 0 Å². The molecule has 0 unspecified atom stereocenters. The van der Waals surface area contributed by atoms with Gasteiger partial charge in [-0.15, -0.1) is 0 Å². The van der Waals surface area contributed by atoms with Crippen molar-refractivity contribution in [1.82, 2.24) is 24.1 Å². The van der Waals surface area contributed by atoms with Gasteiger partial charge in [-0.3, -0.25) is 9.13 Å². The average Bonchev–Trinajstić information content (AvgIpc) is 3.87. The molecule has 12 aromatic rings. The third kappa shape index (κ3) is 6.06. The maximum atomic E-state index is 5.38. The minimum absolute atomic E-state index is 0.554. The van der Waals surface area contributed by atoms with Gasteiger partial charge in [0.2, 0.25) is 11.9 Å². The first-order valence-electron chi connectivity index (χ1n) is 20.9. The zero-order chi connectivity index (χ0) is 41.0. The van der Waals surface area contributed by atoms with E-state index in [4.69, 9.17) is 15.0 Å². The summed E-state index contributed by atoms with van der Waals surface area (Å²) in [7, 11) is 0. The first-order valence-corrected chi connectivity index (χ1v) is 20.9. The van der Waals surface area contributed by atoms with E-state index in [2.05, 4.69) is 234 Å². The molecule has 0 bridgehead atoms. The van der Waals surface area contributed by atoms with E-state index in [-0.39, 0.29) is 0 Å². The third-order valence-corrected chi connectivity index (χ3v) is 12.0. The van der Waals surface area contributed by atoms with Gasteiger partial charge in [0, 0.05) is 27.1 Å². The predicted molar refractivity (Wildman–Crippen MR) is 256 cm³/mol. The van der Waals surface area contributed by atoms with Crippen LogP contribution in [0.4, 0.5) is 0 Å². The van der Waals surface area contributed by atoms with E-state index in [9.17, 15) is 0 Å². The van der Waals surface area contributed by atoms with E-state index in [1.54, 1.807) is 0 Å². The fourth-order valence-corrected chi connectivity index (χ4v) is 8.99. The van der Waals surface area contributed by atoms with Gasteiger partial charge < -0.3 is 0 Å². The van der Waals surface area contributed by atoms with Crippen LogP contribution in [-0.2, 0) is 0 Å². The molecule has 0 aliphatic heterocycles. The Hall–Kier alpha value is -8.41. The van der Waals surface area contributed by atoms with Crippen LogP contribution in [0.1, 0.15) is 0 Å². The fourth-order valence-electron chi connectivity index (χ4n) is 8.99. The van der Waals surface area contributed by atoms with Gasteiger partial charge in [-0.25, -0.2) is 0 Å². The quantitative estimate of drug-likeness (QED) is 0.162. The van der Waals surface area contributed by atoms with Gasteiger partial charge in [0.25, 0.3) is 0 Å². The lowest BCUT2D eigenvalue weighted by Crippen LogP contribution is -2.10. The molecule has 5 heteroatoms. The molecule has 0 fully saturated rings. The van der Waals surface area contributed by atoms with Gasteiger partial charge in [0.1, 0.15) is 0 Å². The van der Waals surface area contributed by atoms with Crippen molar-refractivity contribution in [2.75, 3.05) is 0 Å². The molecule has 3 aromatic heterocycles. The Morgan fingerprint density at radius 3 is 1.08 bits per heavy atom. The molecule has 3 heterocycles. The summed E-state index contributed by atoms with van der Waals surface area (Å²) < 4.78 is 4.38. The molecule has 0 spiro atoms. The first kappa shape index (κ1) is 35.5. The molecular weight excluding hydrogens is 755 g/mol. The zero-order valence-corrected chi connectivity index (χ0v) is 33.6. The van der Waals surface area contributed by atoms with Crippen molar-refractivity contribution in [3.8, 4) is 67.8 Å². The molecule has 0 atom stereocenters.